The van der Waals surface area contributed by atoms with E-state index < -0.39 is 17.2 Å². The number of carbonyl (C=O) groups is 1. The van der Waals surface area contributed by atoms with Gasteiger partial charge in [0.15, 0.2) is 0 Å². The second-order valence-corrected chi connectivity index (χ2v) is 12.9. The number of anilines is 1. The van der Waals surface area contributed by atoms with Gasteiger partial charge in [-0.2, -0.15) is 5.10 Å². The van der Waals surface area contributed by atoms with Crippen LogP contribution in [-0.4, -0.2) is 103 Å². The molecule has 0 spiro atoms. The van der Waals surface area contributed by atoms with E-state index in [9.17, 15) is 15.0 Å². The predicted molar refractivity (Wildman–Crippen MR) is 158 cm³/mol. The van der Waals surface area contributed by atoms with E-state index in [1.807, 2.05) is 37.7 Å². The zero-order chi connectivity index (χ0) is 30.2. The van der Waals surface area contributed by atoms with Crippen LogP contribution in [0.25, 0.3) is 16.6 Å². The lowest BCUT2D eigenvalue weighted by molar-refractivity contribution is -0.159. The zero-order valence-electron chi connectivity index (χ0n) is 25.6. The first kappa shape index (κ1) is 30.4. The molecule has 1 aliphatic heterocycles. The molecule has 0 radical (unpaired) electrons. The quantitative estimate of drug-likeness (QED) is 0.347. The number of aliphatic hydroxyl groups is 2. The standard InChI is InChI=1S/C30H45N7O5/c1-19(18-41-6)33-28-31-15-25-23(13-24(37(25)34-28)20-7-9-22(38)10-8-20)21-14-32-36(16-21)29(2,3)27(39)35-11-12-42-26(17-35)30(4,5)40/h13-16,19-20,22,26,38,40H,7-12,17-18H2,1-6H3,(H,33,34)/t19-,20?,22?,26-/m0/s1. The van der Waals surface area contributed by atoms with Crippen molar-refractivity contribution in [3.63, 3.8) is 0 Å². The zero-order valence-corrected chi connectivity index (χ0v) is 25.6. The first-order valence-corrected chi connectivity index (χ1v) is 14.9. The van der Waals surface area contributed by atoms with Crippen LogP contribution in [0.3, 0.4) is 0 Å². The molecule has 2 fully saturated rings. The summed E-state index contributed by atoms with van der Waals surface area (Å²) in [6.45, 7) is 10.8. The lowest BCUT2D eigenvalue weighted by Crippen LogP contribution is -2.57. The molecule has 230 valence electrons. The SMILES string of the molecule is COC[C@H](C)Nc1ncc2c(-c3cnn(C(C)(C)C(=O)N4CCO[C@H](C(C)(C)O)C4)c3)cc(C3CCC(O)CC3)n2n1. The van der Waals surface area contributed by atoms with Gasteiger partial charge >= 0.3 is 0 Å². The van der Waals surface area contributed by atoms with Crippen molar-refractivity contribution in [3.8, 4) is 11.1 Å². The molecule has 1 amide bonds. The molecular weight excluding hydrogens is 538 g/mol. The minimum absolute atomic E-state index is 0.0407. The minimum Gasteiger partial charge on any atom is -0.393 e. The van der Waals surface area contributed by atoms with Crippen LogP contribution < -0.4 is 5.32 Å². The first-order valence-electron chi connectivity index (χ1n) is 14.9. The van der Waals surface area contributed by atoms with Crippen molar-refractivity contribution in [1.29, 1.82) is 0 Å². The van der Waals surface area contributed by atoms with E-state index in [2.05, 4.69) is 21.5 Å². The number of nitrogens with zero attached hydrogens (tertiary/aromatic N) is 6. The van der Waals surface area contributed by atoms with Crippen molar-refractivity contribution in [2.24, 2.45) is 0 Å². The molecule has 3 aromatic rings. The maximum absolute atomic E-state index is 13.7. The Morgan fingerprint density at radius 3 is 2.64 bits per heavy atom. The maximum Gasteiger partial charge on any atom is 0.250 e. The van der Waals surface area contributed by atoms with Gasteiger partial charge in [0.05, 0.1) is 42.8 Å². The van der Waals surface area contributed by atoms with Gasteiger partial charge in [0, 0.05) is 55.2 Å². The molecule has 12 heteroatoms. The number of carbonyl (C=O) groups excluding carboxylic acids is 1. The maximum atomic E-state index is 13.7. The van der Waals surface area contributed by atoms with Crippen LogP contribution in [0, 0.1) is 0 Å². The fourth-order valence-corrected chi connectivity index (χ4v) is 6.00. The number of hydrogen-bond acceptors (Lipinski definition) is 9. The smallest absolute Gasteiger partial charge is 0.250 e. The fourth-order valence-electron chi connectivity index (χ4n) is 6.00. The number of ether oxygens (including phenoxy) is 2. The summed E-state index contributed by atoms with van der Waals surface area (Å²) in [7, 11) is 1.67. The van der Waals surface area contributed by atoms with Gasteiger partial charge in [0.2, 0.25) is 11.9 Å². The average Bonchev–Trinajstić information content (AvgIpc) is 3.59. The molecule has 42 heavy (non-hydrogen) atoms. The van der Waals surface area contributed by atoms with E-state index in [0.29, 0.717) is 32.3 Å². The lowest BCUT2D eigenvalue weighted by Gasteiger charge is -2.41. The first-order chi connectivity index (χ1) is 19.9. The molecule has 12 nitrogen and oxygen atoms in total. The summed E-state index contributed by atoms with van der Waals surface area (Å²) >= 11 is 0. The van der Waals surface area contributed by atoms with Gasteiger partial charge in [-0.25, -0.2) is 9.50 Å². The number of methoxy groups -OCH3 is 1. The van der Waals surface area contributed by atoms with Crippen molar-refractivity contribution in [2.75, 3.05) is 38.7 Å². The number of nitrogens with one attached hydrogen (secondary N) is 1. The average molecular weight is 584 g/mol. The monoisotopic (exact) mass is 583 g/mol. The van der Waals surface area contributed by atoms with E-state index in [-0.39, 0.29) is 24.0 Å². The predicted octanol–water partition coefficient (Wildman–Crippen LogP) is 2.79. The number of aromatic nitrogens is 5. The van der Waals surface area contributed by atoms with Crippen molar-refractivity contribution in [1.82, 2.24) is 29.3 Å². The Balaban J connectivity index is 1.46. The molecule has 1 saturated heterocycles. The van der Waals surface area contributed by atoms with Crippen LogP contribution in [0.4, 0.5) is 5.95 Å². The number of fused-ring (bicyclic) bond motifs is 1. The molecule has 5 rings (SSSR count). The van der Waals surface area contributed by atoms with E-state index >= 15 is 0 Å². The highest BCUT2D eigenvalue weighted by Crippen LogP contribution is 2.38. The summed E-state index contributed by atoms with van der Waals surface area (Å²) in [5, 5.41) is 33.4. The van der Waals surface area contributed by atoms with Gasteiger partial charge in [-0.15, -0.1) is 5.10 Å². The van der Waals surface area contributed by atoms with E-state index in [1.54, 1.807) is 36.7 Å². The van der Waals surface area contributed by atoms with Gasteiger partial charge in [-0.3, -0.25) is 9.48 Å². The number of hydrogen-bond donors (Lipinski definition) is 3. The fraction of sp³-hybridized carbons (Fsp3) is 0.667. The molecule has 0 unspecified atom stereocenters. The summed E-state index contributed by atoms with van der Waals surface area (Å²) in [5.41, 5.74) is 1.73. The number of morpholine rings is 1. The summed E-state index contributed by atoms with van der Waals surface area (Å²) < 4.78 is 14.7. The molecular formula is C30H45N7O5. The molecule has 0 bridgehead atoms. The number of rotatable bonds is 9. The number of amides is 1. The summed E-state index contributed by atoms with van der Waals surface area (Å²) in [4.78, 5) is 20.1. The van der Waals surface area contributed by atoms with E-state index in [4.69, 9.17) is 14.6 Å². The minimum atomic E-state index is -1.05. The Morgan fingerprint density at radius 2 is 1.95 bits per heavy atom. The topological polar surface area (TPSA) is 139 Å². The van der Waals surface area contributed by atoms with Gasteiger partial charge in [0.25, 0.3) is 0 Å². The van der Waals surface area contributed by atoms with Crippen LogP contribution in [0.15, 0.2) is 24.7 Å². The Hall–Kier alpha value is -3.06. The van der Waals surface area contributed by atoms with Gasteiger partial charge in [-0.1, -0.05) is 0 Å². The molecule has 3 aromatic heterocycles. The van der Waals surface area contributed by atoms with Crippen molar-refractivity contribution < 1.29 is 24.5 Å². The Morgan fingerprint density at radius 1 is 1.21 bits per heavy atom. The molecule has 2 aliphatic rings. The highest BCUT2D eigenvalue weighted by atomic mass is 16.5. The Bertz CT molecular complexity index is 1390. The second-order valence-electron chi connectivity index (χ2n) is 12.9. The van der Waals surface area contributed by atoms with Crippen LogP contribution in [-0.2, 0) is 19.8 Å². The summed E-state index contributed by atoms with van der Waals surface area (Å²) in [6.07, 6.45) is 8.09. The van der Waals surface area contributed by atoms with Gasteiger partial charge < -0.3 is 29.9 Å². The normalized spacial score (nSPS) is 22.9. The van der Waals surface area contributed by atoms with E-state index in [1.165, 1.54) is 0 Å². The third kappa shape index (κ3) is 6.17. The molecule has 1 saturated carbocycles. The molecule has 4 heterocycles. The van der Waals surface area contributed by atoms with Crippen molar-refractivity contribution in [2.45, 2.75) is 95.6 Å². The number of aliphatic hydroxyl groups excluding tert-OH is 1. The Kier molecular flexibility index (Phi) is 8.62. The largest absolute Gasteiger partial charge is 0.393 e. The molecule has 1 aliphatic carbocycles. The van der Waals surface area contributed by atoms with E-state index in [0.717, 1.165) is 48.0 Å². The third-order valence-electron chi connectivity index (χ3n) is 8.58. The van der Waals surface area contributed by atoms with Crippen LogP contribution >= 0.6 is 0 Å². The highest BCUT2D eigenvalue weighted by molar-refractivity contribution is 5.85. The second kappa shape index (κ2) is 11.9. The van der Waals surface area contributed by atoms with Gasteiger partial charge in [0.1, 0.15) is 11.6 Å². The third-order valence-corrected chi connectivity index (χ3v) is 8.58. The molecule has 3 N–H and O–H groups in total. The van der Waals surface area contributed by atoms with Crippen molar-refractivity contribution in [3.05, 3.63) is 30.4 Å². The lowest BCUT2D eigenvalue weighted by atomic mass is 9.85. The van der Waals surface area contributed by atoms with Gasteiger partial charge in [-0.05, 0) is 66.4 Å². The Labute approximate surface area is 247 Å². The molecule has 2 atom stereocenters. The van der Waals surface area contributed by atoms with Crippen LogP contribution in [0.2, 0.25) is 0 Å². The van der Waals surface area contributed by atoms with Crippen LogP contribution in [0.5, 0.6) is 0 Å². The molecule has 0 aromatic carbocycles. The highest BCUT2D eigenvalue weighted by Gasteiger charge is 2.40. The summed E-state index contributed by atoms with van der Waals surface area (Å²) in [5.74, 6) is 0.692. The van der Waals surface area contributed by atoms with Crippen molar-refractivity contribution >= 4 is 17.4 Å². The van der Waals surface area contributed by atoms with Crippen LogP contribution in [0.1, 0.15) is 71.9 Å². The summed E-state index contributed by atoms with van der Waals surface area (Å²) in [6, 6.07) is 2.19.